The summed E-state index contributed by atoms with van der Waals surface area (Å²) in [6, 6.07) is 0. The van der Waals surface area contributed by atoms with Gasteiger partial charge in [-0.2, -0.15) is 0 Å². The lowest BCUT2D eigenvalue weighted by atomic mass is 9.82. The number of rotatable bonds is 5. The molecule has 0 bridgehead atoms. The Labute approximate surface area is 100 Å². The molecule has 0 amide bonds. The molecular weight excluding hydrogens is 200 g/mol. The van der Waals surface area contributed by atoms with Gasteiger partial charge in [-0.25, -0.2) is 0 Å². The number of aliphatic hydroxyl groups is 1. The van der Waals surface area contributed by atoms with Crippen LogP contribution < -0.4 is 0 Å². The van der Waals surface area contributed by atoms with E-state index in [0.717, 1.165) is 13.0 Å². The molecule has 1 rings (SSSR count). The summed E-state index contributed by atoms with van der Waals surface area (Å²) in [7, 11) is 1.73. The highest BCUT2D eigenvalue weighted by Crippen LogP contribution is 2.28. The second-order valence-corrected chi connectivity index (χ2v) is 5.35. The van der Waals surface area contributed by atoms with Crippen LogP contribution in [0.1, 0.15) is 58.3 Å². The van der Waals surface area contributed by atoms with Gasteiger partial charge in [0.1, 0.15) is 0 Å². The summed E-state index contributed by atoms with van der Waals surface area (Å²) in [5.41, 5.74) is 0. The average molecular weight is 228 g/mol. The second kappa shape index (κ2) is 8.08. The molecule has 2 unspecified atom stereocenters. The molecule has 1 saturated carbocycles. The lowest BCUT2D eigenvalue weighted by Gasteiger charge is -2.29. The Morgan fingerprint density at radius 2 is 1.69 bits per heavy atom. The molecule has 16 heavy (non-hydrogen) atoms. The first kappa shape index (κ1) is 14.0. The van der Waals surface area contributed by atoms with Crippen molar-refractivity contribution < 1.29 is 9.84 Å². The molecule has 0 aromatic heterocycles. The largest absolute Gasteiger partial charge is 0.393 e. The fraction of sp³-hybridized carbons (Fsp3) is 1.00. The molecule has 0 heterocycles. The molecule has 1 fully saturated rings. The zero-order valence-electron chi connectivity index (χ0n) is 11.0. The third kappa shape index (κ3) is 4.84. The molecule has 0 aliphatic heterocycles. The summed E-state index contributed by atoms with van der Waals surface area (Å²) in [6.45, 7) is 2.92. The van der Waals surface area contributed by atoms with Crippen molar-refractivity contribution in [3.8, 4) is 0 Å². The normalized spacial score (nSPS) is 23.4. The highest BCUT2D eigenvalue weighted by Gasteiger charge is 2.24. The monoisotopic (exact) mass is 228 g/mol. The highest BCUT2D eigenvalue weighted by atomic mass is 16.5. The minimum absolute atomic E-state index is 0.117. The molecule has 2 atom stereocenters. The van der Waals surface area contributed by atoms with Crippen molar-refractivity contribution >= 4 is 0 Å². The maximum atomic E-state index is 10.3. The number of aliphatic hydroxyl groups excluding tert-OH is 1. The molecule has 0 radical (unpaired) electrons. The van der Waals surface area contributed by atoms with Gasteiger partial charge in [-0.1, -0.05) is 39.0 Å². The fourth-order valence-corrected chi connectivity index (χ4v) is 2.77. The second-order valence-electron chi connectivity index (χ2n) is 5.35. The molecule has 0 saturated heterocycles. The summed E-state index contributed by atoms with van der Waals surface area (Å²) < 4.78 is 5.08. The third-order valence-corrected chi connectivity index (χ3v) is 3.99. The van der Waals surface area contributed by atoms with Gasteiger partial charge in [0.05, 0.1) is 6.10 Å². The number of methoxy groups -OCH3 is 1. The predicted octanol–water partition coefficient (Wildman–Crippen LogP) is 3.38. The molecule has 0 aromatic rings. The lowest BCUT2D eigenvalue weighted by Crippen LogP contribution is -2.29. The van der Waals surface area contributed by atoms with E-state index < -0.39 is 0 Å². The first-order chi connectivity index (χ1) is 7.75. The molecule has 2 nitrogen and oxygen atoms in total. The van der Waals surface area contributed by atoms with Crippen molar-refractivity contribution in [2.75, 3.05) is 13.7 Å². The Kier molecular flexibility index (Phi) is 7.06. The molecule has 96 valence electrons. The van der Waals surface area contributed by atoms with E-state index in [4.69, 9.17) is 4.74 Å². The maximum Gasteiger partial charge on any atom is 0.0594 e. The molecule has 1 aliphatic carbocycles. The lowest BCUT2D eigenvalue weighted by molar-refractivity contribution is 0.0310. The van der Waals surface area contributed by atoms with Crippen molar-refractivity contribution in [3.63, 3.8) is 0 Å². The number of hydrogen-bond donors (Lipinski definition) is 1. The van der Waals surface area contributed by atoms with Crippen LogP contribution in [0.2, 0.25) is 0 Å². The Balaban J connectivity index is 2.33. The Bertz CT molecular complexity index is 162. The minimum atomic E-state index is -0.117. The summed E-state index contributed by atoms with van der Waals surface area (Å²) in [5, 5.41) is 10.3. The van der Waals surface area contributed by atoms with E-state index in [1.54, 1.807) is 7.11 Å². The summed E-state index contributed by atoms with van der Waals surface area (Å²) in [4.78, 5) is 0. The van der Waals surface area contributed by atoms with Crippen LogP contribution in [0.4, 0.5) is 0 Å². The van der Waals surface area contributed by atoms with E-state index in [1.807, 2.05) is 0 Å². The van der Waals surface area contributed by atoms with Gasteiger partial charge in [-0.05, 0) is 31.1 Å². The topological polar surface area (TPSA) is 29.5 Å². The van der Waals surface area contributed by atoms with E-state index in [0.29, 0.717) is 11.8 Å². The van der Waals surface area contributed by atoms with Gasteiger partial charge in [0, 0.05) is 13.7 Å². The predicted molar refractivity (Wildman–Crippen MR) is 67.5 cm³/mol. The maximum absolute atomic E-state index is 10.3. The molecule has 2 heteroatoms. The Hall–Kier alpha value is -0.0800. The number of hydrogen-bond acceptors (Lipinski definition) is 2. The Morgan fingerprint density at radius 1 is 1.12 bits per heavy atom. The van der Waals surface area contributed by atoms with Gasteiger partial charge >= 0.3 is 0 Å². The van der Waals surface area contributed by atoms with Crippen molar-refractivity contribution in [2.24, 2.45) is 11.8 Å². The van der Waals surface area contributed by atoms with Crippen molar-refractivity contribution in [1.82, 2.24) is 0 Å². The standard InChI is InChI=1S/C14H28O2/c1-12(10-11-16-2)14(15)13-8-6-4-3-5-7-9-13/h12-15H,3-11H2,1-2H3. The average Bonchev–Trinajstić information content (AvgIpc) is 2.24. The van der Waals surface area contributed by atoms with E-state index in [9.17, 15) is 5.11 Å². The first-order valence-electron chi connectivity index (χ1n) is 6.92. The first-order valence-corrected chi connectivity index (χ1v) is 6.92. The molecule has 0 aromatic carbocycles. The fourth-order valence-electron chi connectivity index (χ4n) is 2.77. The van der Waals surface area contributed by atoms with Crippen LogP contribution in [0.3, 0.4) is 0 Å². The quantitative estimate of drug-likeness (QED) is 0.781. The van der Waals surface area contributed by atoms with Crippen molar-refractivity contribution in [1.29, 1.82) is 0 Å². The molecule has 0 spiro atoms. The van der Waals surface area contributed by atoms with E-state index in [2.05, 4.69) is 6.92 Å². The van der Waals surface area contributed by atoms with Gasteiger partial charge in [0.15, 0.2) is 0 Å². The van der Waals surface area contributed by atoms with Crippen LogP contribution >= 0.6 is 0 Å². The van der Waals surface area contributed by atoms with Crippen LogP contribution in [0.25, 0.3) is 0 Å². The van der Waals surface area contributed by atoms with Gasteiger partial charge in [-0.15, -0.1) is 0 Å². The van der Waals surface area contributed by atoms with E-state index >= 15 is 0 Å². The number of ether oxygens (including phenoxy) is 1. The smallest absolute Gasteiger partial charge is 0.0594 e. The van der Waals surface area contributed by atoms with Crippen LogP contribution in [0.5, 0.6) is 0 Å². The van der Waals surface area contributed by atoms with Crippen LogP contribution in [-0.2, 0) is 4.74 Å². The zero-order chi connectivity index (χ0) is 11.8. The SMILES string of the molecule is COCCC(C)C(O)C1CCCCCCC1. The minimum Gasteiger partial charge on any atom is -0.393 e. The van der Waals surface area contributed by atoms with Gasteiger partial charge in [-0.3, -0.25) is 0 Å². The van der Waals surface area contributed by atoms with Crippen molar-refractivity contribution in [3.05, 3.63) is 0 Å². The van der Waals surface area contributed by atoms with E-state index in [1.165, 1.54) is 44.9 Å². The third-order valence-electron chi connectivity index (χ3n) is 3.99. The zero-order valence-corrected chi connectivity index (χ0v) is 11.0. The van der Waals surface area contributed by atoms with Crippen molar-refractivity contribution in [2.45, 2.75) is 64.4 Å². The van der Waals surface area contributed by atoms with Gasteiger partial charge in [0.25, 0.3) is 0 Å². The molecular formula is C14H28O2. The Morgan fingerprint density at radius 3 is 2.25 bits per heavy atom. The highest BCUT2D eigenvalue weighted by molar-refractivity contribution is 4.75. The van der Waals surface area contributed by atoms with Crippen LogP contribution in [0.15, 0.2) is 0 Å². The molecule has 1 N–H and O–H groups in total. The van der Waals surface area contributed by atoms with Crippen LogP contribution in [-0.4, -0.2) is 24.9 Å². The summed E-state index contributed by atoms with van der Waals surface area (Å²) >= 11 is 0. The van der Waals surface area contributed by atoms with E-state index in [-0.39, 0.29) is 6.10 Å². The van der Waals surface area contributed by atoms with Crippen LogP contribution in [0, 0.1) is 11.8 Å². The molecule has 1 aliphatic rings. The summed E-state index contributed by atoms with van der Waals surface area (Å²) in [6.07, 6.45) is 10.0. The van der Waals surface area contributed by atoms with Gasteiger partial charge < -0.3 is 9.84 Å². The summed E-state index contributed by atoms with van der Waals surface area (Å²) in [5.74, 6) is 0.913. The van der Waals surface area contributed by atoms with Gasteiger partial charge in [0.2, 0.25) is 0 Å².